The van der Waals surface area contributed by atoms with Crippen molar-refractivity contribution in [2.45, 2.75) is 52.2 Å². The summed E-state index contributed by atoms with van der Waals surface area (Å²) >= 11 is 0. The molecule has 0 saturated heterocycles. The molecule has 3 nitrogen and oxygen atoms in total. The standard InChI is InChI=1S/C11H21NO2/c1-8(10(2,3)4)12-9(13)11(14-5)6-7-11/h8H,6-7H2,1-5H3,(H,12,13). The second kappa shape index (κ2) is 3.54. The topological polar surface area (TPSA) is 38.3 Å². The van der Waals surface area contributed by atoms with Crippen molar-refractivity contribution in [1.82, 2.24) is 5.32 Å². The second-order valence-electron chi connectivity index (χ2n) is 5.26. The molecular weight excluding hydrogens is 178 g/mol. The zero-order valence-corrected chi connectivity index (χ0v) is 9.81. The van der Waals surface area contributed by atoms with Crippen LogP contribution in [-0.4, -0.2) is 24.7 Å². The lowest BCUT2D eigenvalue weighted by Gasteiger charge is -2.29. The molecule has 0 heterocycles. The molecule has 1 aliphatic carbocycles. The molecular formula is C11H21NO2. The van der Waals surface area contributed by atoms with Gasteiger partial charge in [0.15, 0.2) is 0 Å². The molecule has 1 rings (SSSR count). The number of hydrogen-bond acceptors (Lipinski definition) is 2. The van der Waals surface area contributed by atoms with Crippen molar-refractivity contribution in [2.24, 2.45) is 5.41 Å². The smallest absolute Gasteiger partial charge is 0.252 e. The largest absolute Gasteiger partial charge is 0.368 e. The van der Waals surface area contributed by atoms with Crippen molar-refractivity contribution in [3.8, 4) is 0 Å². The van der Waals surface area contributed by atoms with Gasteiger partial charge >= 0.3 is 0 Å². The normalized spacial score (nSPS) is 21.5. The summed E-state index contributed by atoms with van der Waals surface area (Å²) in [5.74, 6) is 0.0439. The minimum Gasteiger partial charge on any atom is -0.368 e. The molecule has 1 fully saturated rings. The molecule has 0 aromatic heterocycles. The Labute approximate surface area is 86.2 Å². The van der Waals surface area contributed by atoms with Crippen LogP contribution in [0.3, 0.4) is 0 Å². The van der Waals surface area contributed by atoms with Gasteiger partial charge in [-0.25, -0.2) is 0 Å². The molecule has 0 aromatic carbocycles. The van der Waals surface area contributed by atoms with E-state index < -0.39 is 5.60 Å². The highest BCUT2D eigenvalue weighted by atomic mass is 16.5. The number of hydrogen-bond donors (Lipinski definition) is 1. The zero-order chi connectivity index (χ0) is 11.0. The van der Waals surface area contributed by atoms with Crippen LogP contribution in [0.25, 0.3) is 0 Å². The Morgan fingerprint density at radius 3 is 2.21 bits per heavy atom. The fourth-order valence-electron chi connectivity index (χ4n) is 1.18. The Balaban J connectivity index is 2.49. The van der Waals surface area contributed by atoms with E-state index in [1.807, 2.05) is 6.92 Å². The molecule has 0 bridgehead atoms. The first kappa shape index (κ1) is 11.5. The average molecular weight is 199 g/mol. The van der Waals surface area contributed by atoms with Crippen LogP contribution in [0, 0.1) is 5.41 Å². The van der Waals surface area contributed by atoms with Gasteiger partial charge < -0.3 is 10.1 Å². The van der Waals surface area contributed by atoms with Crippen LogP contribution in [0.1, 0.15) is 40.5 Å². The summed E-state index contributed by atoms with van der Waals surface area (Å²) in [5, 5.41) is 3.01. The van der Waals surface area contributed by atoms with Gasteiger partial charge in [0.05, 0.1) is 0 Å². The molecule has 1 atom stereocenters. The lowest BCUT2D eigenvalue weighted by atomic mass is 9.88. The predicted molar refractivity (Wildman–Crippen MR) is 56.0 cm³/mol. The maximum atomic E-state index is 11.8. The number of ether oxygens (including phenoxy) is 1. The zero-order valence-electron chi connectivity index (χ0n) is 9.81. The maximum absolute atomic E-state index is 11.8. The summed E-state index contributed by atoms with van der Waals surface area (Å²) in [5.41, 5.74) is -0.404. The molecule has 14 heavy (non-hydrogen) atoms. The molecule has 1 aliphatic rings. The summed E-state index contributed by atoms with van der Waals surface area (Å²) in [6.45, 7) is 8.38. The number of amides is 1. The second-order valence-corrected chi connectivity index (χ2v) is 5.26. The van der Waals surface area contributed by atoms with E-state index in [4.69, 9.17) is 4.74 Å². The Morgan fingerprint density at radius 1 is 1.43 bits per heavy atom. The Bertz CT molecular complexity index is 226. The van der Waals surface area contributed by atoms with Gasteiger partial charge in [0, 0.05) is 13.2 Å². The molecule has 1 N–H and O–H groups in total. The summed E-state index contributed by atoms with van der Waals surface area (Å²) < 4.78 is 5.21. The molecule has 0 aromatic rings. The van der Waals surface area contributed by atoms with E-state index in [0.29, 0.717) is 0 Å². The lowest BCUT2D eigenvalue weighted by molar-refractivity contribution is -0.134. The van der Waals surface area contributed by atoms with E-state index in [1.165, 1.54) is 0 Å². The third-order valence-corrected chi connectivity index (χ3v) is 3.16. The van der Waals surface area contributed by atoms with Crippen LogP contribution >= 0.6 is 0 Å². The van der Waals surface area contributed by atoms with Gasteiger partial charge in [-0.15, -0.1) is 0 Å². The summed E-state index contributed by atoms with van der Waals surface area (Å²) in [6.07, 6.45) is 1.71. The van der Waals surface area contributed by atoms with E-state index >= 15 is 0 Å². The first-order valence-electron chi connectivity index (χ1n) is 5.18. The minimum atomic E-state index is -0.500. The lowest BCUT2D eigenvalue weighted by Crippen LogP contribution is -2.47. The highest BCUT2D eigenvalue weighted by molar-refractivity contribution is 5.88. The van der Waals surface area contributed by atoms with E-state index in [-0.39, 0.29) is 17.4 Å². The van der Waals surface area contributed by atoms with Gasteiger partial charge in [0.25, 0.3) is 5.91 Å². The fourth-order valence-corrected chi connectivity index (χ4v) is 1.18. The predicted octanol–water partition coefficient (Wildman–Crippen LogP) is 1.72. The first-order valence-corrected chi connectivity index (χ1v) is 5.18. The van der Waals surface area contributed by atoms with Crippen molar-refractivity contribution in [3.63, 3.8) is 0 Å². The highest BCUT2D eigenvalue weighted by Crippen LogP contribution is 2.39. The molecule has 1 unspecified atom stereocenters. The Morgan fingerprint density at radius 2 is 1.93 bits per heavy atom. The van der Waals surface area contributed by atoms with E-state index in [1.54, 1.807) is 7.11 Å². The number of methoxy groups -OCH3 is 1. The molecule has 1 saturated carbocycles. The van der Waals surface area contributed by atoms with Crippen LogP contribution < -0.4 is 5.32 Å². The highest BCUT2D eigenvalue weighted by Gasteiger charge is 2.51. The first-order chi connectivity index (χ1) is 6.32. The van der Waals surface area contributed by atoms with Crippen molar-refractivity contribution >= 4 is 5.91 Å². The van der Waals surface area contributed by atoms with E-state index in [9.17, 15) is 4.79 Å². The number of carbonyl (C=O) groups is 1. The summed E-state index contributed by atoms with van der Waals surface area (Å²) in [7, 11) is 1.61. The van der Waals surface area contributed by atoms with Crippen LogP contribution in [0.2, 0.25) is 0 Å². The number of rotatable bonds is 3. The van der Waals surface area contributed by atoms with Crippen molar-refractivity contribution in [2.75, 3.05) is 7.11 Å². The van der Waals surface area contributed by atoms with Gasteiger partial charge in [0.1, 0.15) is 5.60 Å². The van der Waals surface area contributed by atoms with Crippen LogP contribution in [0.5, 0.6) is 0 Å². The quantitative estimate of drug-likeness (QED) is 0.751. The van der Waals surface area contributed by atoms with Crippen LogP contribution in [0.15, 0.2) is 0 Å². The van der Waals surface area contributed by atoms with Crippen molar-refractivity contribution in [1.29, 1.82) is 0 Å². The third kappa shape index (κ3) is 2.27. The minimum absolute atomic E-state index is 0.0439. The van der Waals surface area contributed by atoms with Crippen LogP contribution in [0.4, 0.5) is 0 Å². The number of carbonyl (C=O) groups excluding carboxylic acids is 1. The molecule has 0 radical (unpaired) electrons. The van der Waals surface area contributed by atoms with Gasteiger partial charge in [0.2, 0.25) is 0 Å². The molecule has 0 spiro atoms. The molecule has 0 aliphatic heterocycles. The number of nitrogens with one attached hydrogen (secondary N) is 1. The monoisotopic (exact) mass is 199 g/mol. The Kier molecular flexibility index (Phi) is 2.91. The van der Waals surface area contributed by atoms with Crippen LogP contribution in [-0.2, 0) is 9.53 Å². The fraction of sp³-hybridized carbons (Fsp3) is 0.909. The molecule has 3 heteroatoms. The summed E-state index contributed by atoms with van der Waals surface area (Å²) in [6, 6.07) is 0.169. The van der Waals surface area contributed by atoms with Gasteiger partial charge in [-0.05, 0) is 25.2 Å². The van der Waals surface area contributed by atoms with Gasteiger partial charge in [-0.1, -0.05) is 20.8 Å². The van der Waals surface area contributed by atoms with Crippen molar-refractivity contribution < 1.29 is 9.53 Å². The maximum Gasteiger partial charge on any atom is 0.252 e. The SMILES string of the molecule is COC1(C(=O)NC(C)C(C)(C)C)CC1. The van der Waals surface area contributed by atoms with E-state index in [2.05, 4.69) is 26.1 Å². The molecule has 82 valence electrons. The summed E-state index contributed by atoms with van der Waals surface area (Å²) in [4.78, 5) is 11.8. The van der Waals surface area contributed by atoms with Gasteiger partial charge in [-0.2, -0.15) is 0 Å². The van der Waals surface area contributed by atoms with Crippen molar-refractivity contribution in [3.05, 3.63) is 0 Å². The van der Waals surface area contributed by atoms with E-state index in [0.717, 1.165) is 12.8 Å². The molecule has 1 amide bonds. The van der Waals surface area contributed by atoms with Gasteiger partial charge in [-0.3, -0.25) is 4.79 Å². The third-order valence-electron chi connectivity index (χ3n) is 3.16. The Hall–Kier alpha value is -0.570. The average Bonchev–Trinajstić information content (AvgIpc) is 2.82.